The summed E-state index contributed by atoms with van der Waals surface area (Å²) in [7, 11) is 0. The van der Waals surface area contributed by atoms with Gasteiger partial charge in [0.1, 0.15) is 5.00 Å². The number of allylic oxidation sites excluding steroid dienone is 1. The van der Waals surface area contributed by atoms with Crippen molar-refractivity contribution in [3.63, 3.8) is 0 Å². The van der Waals surface area contributed by atoms with Gasteiger partial charge in [0.15, 0.2) is 11.6 Å². The maximum Gasteiger partial charge on any atom is 0.197 e. The van der Waals surface area contributed by atoms with Crippen molar-refractivity contribution in [1.29, 1.82) is 0 Å². The maximum atomic E-state index is 13.2. The molecule has 0 saturated carbocycles. The highest BCUT2D eigenvalue weighted by molar-refractivity contribution is 7.17. The molecule has 4 aromatic carbocycles. The molecular weight excluding hydrogens is 450 g/mol. The molecular formula is C31H19NO2S. The Morgan fingerprint density at radius 3 is 1.80 bits per heavy atom. The highest BCUT2D eigenvalue weighted by atomic mass is 32.1. The van der Waals surface area contributed by atoms with Crippen molar-refractivity contribution < 1.29 is 9.59 Å². The van der Waals surface area contributed by atoms with Crippen molar-refractivity contribution in [3.05, 3.63) is 130 Å². The number of anilines is 3. The zero-order valence-electron chi connectivity index (χ0n) is 18.7. The normalized spacial score (nSPS) is 14.2. The van der Waals surface area contributed by atoms with Gasteiger partial charge < -0.3 is 4.90 Å². The van der Waals surface area contributed by atoms with Crippen LogP contribution in [0.4, 0.5) is 16.4 Å². The monoisotopic (exact) mass is 469 g/mol. The Kier molecular flexibility index (Phi) is 4.38. The Morgan fingerprint density at radius 1 is 0.657 bits per heavy atom. The van der Waals surface area contributed by atoms with Crippen LogP contribution >= 0.6 is 11.3 Å². The molecule has 0 saturated heterocycles. The second-order valence-electron chi connectivity index (χ2n) is 8.91. The van der Waals surface area contributed by atoms with Gasteiger partial charge in [-0.2, -0.15) is 0 Å². The lowest BCUT2D eigenvalue weighted by Crippen LogP contribution is -2.17. The van der Waals surface area contributed by atoms with Crippen molar-refractivity contribution in [1.82, 2.24) is 0 Å². The third kappa shape index (κ3) is 3.11. The van der Waals surface area contributed by atoms with E-state index in [0.29, 0.717) is 11.1 Å². The van der Waals surface area contributed by atoms with E-state index in [1.54, 1.807) is 17.4 Å². The fourth-order valence-electron chi connectivity index (χ4n) is 5.15. The number of para-hydroxylation sites is 2. The molecule has 0 N–H and O–H groups in total. The average molecular weight is 470 g/mol. The van der Waals surface area contributed by atoms with Crippen molar-refractivity contribution in [2.24, 2.45) is 0 Å². The Morgan fingerprint density at radius 2 is 1.20 bits per heavy atom. The second kappa shape index (κ2) is 7.62. The first-order valence-electron chi connectivity index (χ1n) is 11.6. The van der Waals surface area contributed by atoms with Gasteiger partial charge in [-0.05, 0) is 64.4 Å². The van der Waals surface area contributed by atoms with Gasteiger partial charge in [-0.25, -0.2) is 0 Å². The molecule has 2 aliphatic rings. The van der Waals surface area contributed by atoms with E-state index in [0.717, 1.165) is 27.1 Å². The lowest BCUT2D eigenvalue weighted by Gasteiger charge is -2.32. The predicted octanol–water partition coefficient (Wildman–Crippen LogP) is 7.74. The van der Waals surface area contributed by atoms with E-state index < -0.39 is 0 Å². The fraction of sp³-hybridized carbons (Fsp3) is 0.0323. The first kappa shape index (κ1) is 20.1. The van der Waals surface area contributed by atoms with Crippen LogP contribution in [0.15, 0.2) is 103 Å². The minimum atomic E-state index is -0.195. The number of fused-ring (bicyclic) bond motifs is 4. The SMILES string of the molecule is O=C1C(=Cc2ccc(N3c4ccccc4Cc4ccccc43)s2)C(=O)c2cc3ccccc3cc21. The highest BCUT2D eigenvalue weighted by Gasteiger charge is 2.33. The van der Waals surface area contributed by atoms with E-state index in [4.69, 9.17) is 0 Å². The molecule has 0 bridgehead atoms. The summed E-state index contributed by atoms with van der Waals surface area (Å²) in [4.78, 5) is 29.6. The van der Waals surface area contributed by atoms with Crippen LogP contribution in [-0.2, 0) is 6.42 Å². The number of carbonyl (C=O) groups is 2. The van der Waals surface area contributed by atoms with Crippen LogP contribution in [0.5, 0.6) is 0 Å². The molecule has 1 aromatic heterocycles. The third-order valence-corrected chi connectivity index (χ3v) is 7.85. The Balaban J connectivity index is 1.30. The lowest BCUT2D eigenvalue weighted by atomic mass is 9.96. The van der Waals surface area contributed by atoms with Crippen LogP contribution in [0.3, 0.4) is 0 Å². The van der Waals surface area contributed by atoms with Crippen LogP contribution in [0, 0.1) is 0 Å². The molecule has 0 spiro atoms. The highest BCUT2D eigenvalue weighted by Crippen LogP contribution is 2.46. The van der Waals surface area contributed by atoms with Gasteiger partial charge in [0.05, 0.1) is 16.9 Å². The van der Waals surface area contributed by atoms with Crippen molar-refractivity contribution >= 4 is 56.1 Å². The Labute approximate surface area is 206 Å². The topological polar surface area (TPSA) is 37.4 Å². The number of rotatable bonds is 2. The summed E-state index contributed by atoms with van der Waals surface area (Å²) in [6.45, 7) is 0. The standard InChI is InChI=1S/C31H19NO2S/c33-30-24-16-19-7-1-2-8-20(19)17-25(24)31(34)26(30)18-23-13-14-29(35-23)32-27-11-5-3-9-21(27)15-22-10-4-6-12-28(22)32/h1-14,16-18H,15H2. The van der Waals surface area contributed by atoms with Crippen LogP contribution in [0.1, 0.15) is 36.7 Å². The zero-order chi connectivity index (χ0) is 23.5. The first-order chi connectivity index (χ1) is 17.2. The molecule has 0 fully saturated rings. The molecule has 1 aliphatic heterocycles. The number of nitrogens with zero attached hydrogens (tertiary/aromatic N) is 1. The molecule has 0 atom stereocenters. The molecule has 4 heteroatoms. The number of thiophene rings is 1. The fourth-order valence-corrected chi connectivity index (χ4v) is 6.13. The number of hydrogen-bond acceptors (Lipinski definition) is 4. The van der Waals surface area contributed by atoms with E-state index in [2.05, 4.69) is 59.5 Å². The van der Waals surface area contributed by atoms with E-state index in [1.807, 2.05) is 42.5 Å². The van der Waals surface area contributed by atoms with Gasteiger partial charge in [0.2, 0.25) is 0 Å². The van der Waals surface area contributed by atoms with E-state index in [-0.39, 0.29) is 17.1 Å². The molecule has 7 rings (SSSR count). The maximum absolute atomic E-state index is 13.2. The molecule has 35 heavy (non-hydrogen) atoms. The lowest BCUT2D eigenvalue weighted by molar-refractivity contribution is 0.0990. The van der Waals surface area contributed by atoms with Gasteiger partial charge >= 0.3 is 0 Å². The van der Waals surface area contributed by atoms with Crippen LogP contribution < -0.4 is 4.90 Å². The molecule has 0 radical (unpaired) electrons. The largest absolute Gasteiger partial charge is 0.301 e. The van der Waals surface area contributed by atoms with Gasteiger partial charge in [-0.3, -0.25) is 9.59 Å². The number of Topliss-reactive ketones (excluding diaryl/α,β-unsaturated/α-hetero) is 2. The van der Waals surface area contributed by atoms with Crippen LogP contribution in [0.2, 0.25) is 0 Å². The van der Waals surface area contributed by atoms with Crippen molar-refractivity contribution in [3.8, 4) is 0 Å². The summed E-state index contributed by atoms with van der Waals surface area (Å²) >= 11 is 1.58. The Bertz CT molecular complexity index is 1620. The van der Waals surface area contributed by atoms with Crippen molar-refractivity contribution in [2.45, 2.75) is 6.42 Å². The smallest absolute Gasteiger partial charge is 0.197 e. The van der Waals surface area contributed by atoms with E-state index >= 15 is 0 Å². The molecule has 166 valence electrons. The summed E-state index contributed by atoms with van der Waals surface area (Å²) in [6.07, 6.45) is 2.66. The molecule has 1 aliphatic carbocycles. The molecule has 0 unspecified atom stereocenters. The van der Waals surface area contributed by atoms with E-state index in [9.17, 15) is 9.59 Å². The number of ketones is 2. The Hall–Kier alpha value is -4.28. The summed E-state index contributed by atoms with van der Waals surface area (Å²) in [5.41, 5.74) is 6.12. The van der Waals surface area contributed by atoms with E-state index in [1.165, 1.54) is 22.5 Å². The summed E-state index contributed by atoms with van der Waals surface area (Å²) in [5.74, 6) is -0.390. The zero-order valence-corrected chi connectivity index (χ0v) is 19.5. The van der Waals surface area contributed by atoms with Gasteiger partial charge in [0.25, 0.3) is 0 Å². The quantitative estimate of drug-likeness (QED) is 0.192. The minimum Gasteiger partial charge on any atom is -0.301 e. The molecule has 3 nitrogen and oxygen atoms in total. The second-order valence-corrected chi connectivity index (χ2v) is 10.0. The number of benzene rings is 4. The molecule has 0 amide bonds. The van der Waals surface area contributed by atoms with Gasteiger partial charge in [0, 0.05) is 22.4 Å². The minimum absolute atomic E-state index is 0.195. The summed E-state index contributed by atoms with van der Waals surface area (Å²) < 4.78 is 0. The number of carbonyl (C=O) groups excluding carboxylic acids is 2. The van der Waals surface area contributed by atoms with Gasteiger partial charge in [-0.1, -0.05) is 60.7 Å². The summed E-state index contributed by atoms with van der Waals surface area (Å²) in [6, 6.07) is 32.5. The third-order valence-electron chi connectivity index (χ3n) is 6.83. The van der Waals surface area contributed by atoms with Gasteiger partial charge in [-0.15, -0.1) is 11.3 Å². The van der Waals surface area contributed by atoms with Crippen molar-refractivity contribution in [2.75, 3.05) is 4.90 Å². The predicted molar refractivity (Wildman–Crippen MR) is 142 cm³/mol. The van der Waals surface area contributed by atoms with Crippen LogP contribution in [0.25, 0.3) is 16.8 Å². The molecule has 2 heterocycles. The van der Waals surface area contributed by atoms with Crippen LogP contribution in [-0.4, -0.2) is 11.6 Å². The number of hydrogen-bond donors (Lipinski definition) is 0. The molecule has 5 aromatic rings. The average Bonchev–Trinajstić information content (AvgIpc) is 3.44. The summed E-state index contributed by atoms with van der Waals surface area (Å²) in [5, 5.41) is 2.99. The first-order valence-corrected chi connectivity index (χ1v) is 12.4.